The number of hydrogen-bond acceptors (Lipinski definition) is 2. The van der Waals surface area contributed by atoms with Gasteiger partial charge in [-0.05, 0) is 31.0 Å². The lowest BCUT2D eigenvalue weighted by Crippen LogP contribution is -2.43. The van der Waals surface area contributed by atoms with Gasteiger partial charge in [-0.3, -0.25) is 4.79 Å². The summed E-state index contributed by atoms with van der Waals surface area (Å²) in [6, 6.07) is 7.54. The van der Waals surface area contributed by atoms with Crippen molar-refractivity contribution in [3.05, 3.63) is 34.9 Å². The Morgan fingerprint density at radius 2 is 2.17 bits per heavy atom. The predicted octanol–water partition coefficient (Wildman–Crippen LogP) is 2.49. The molecule has 0 radical (unpaired) electrons. The van der Waals surface area contributed by atoms with Gasteiger partial charge in [0, 0.05) is 11.6 Å². The van der Waals surface area contributed by atoms with E-state index in [2.05, 4.69) is 10.6 Å². The van der Waals surface area contributed by atoms with E-state index < -0.39 is 0 Å². The summed E-state index contributed by atoms with van der Waals surface area (Å²) in [5.74, 6) is 0.0804. The van der Waals surface area contributed by atoms with Crippen LogP contribution >= 0.6 is 11.6 Å². The van der Waals surface area contributed by atoms with Crippen molar-refractivity contribution in [1.29, 1.82) is 0 Å². The first kappa shape index (κ1) is 13.4. The molecule has 0 aliphatic carbocycles. The van der Waals surface area contributed by atoms with Crippen LogP contribution in [0.15, 0.2) is 24.3 Å². The van der Waals surface area contributed by atoms with Crippen molar-refractivity contribution >= 4 is 17.5 Å². The summed E-state index contributed by atoms with van der Waals surface area (Å²) in [5, 5.41) is 6.94. The lowest BCUT2D eigenvalue weighted by molar-refractivity contribution is -0.123. The molecule has 1 aliphatic heterocycles. The minimum Gasteiger partial charge on any atom is -0.351 e. The molecule has 1 aromatic rings. The van der Waals surface area contributed by atoms with Crippen LogP contribution in [-0.2, 0) is 11.3 Å². The molecule has 18 heavy (non-hydrogen) atoms. The van der Waals surface area contributed by atoms with Crippen LogP contribution in [0.1, 0.15) is 31.2 Å². The van der Waals surface area contributed by atoms with Gasteiger partial charge in [-0.25, -0.2) is 0 Å². The van der Waals surface area contributed by atoms with Crippen LogP contribution in [-0.4, -0.2) is 18.5 Å². The third-order valence-corrected chi connectivity index (χ3v) is 3.66. The fourth-order valence-electron chi connectivity index (χ4n) is 2.20. The molecule has 1 amide bonds. The molecular formula is C14H19ClN2O. The number of nitrogens with one attached hydrogen (secondary N) is 2. The average Bonchev–Trinajstić information content (AvgIpc) is 2.66. The predicted molar refractivity (Wildman–Crippen MR) is 73.6 cm³/mol. The molecule has 4 heteroatoms. The van der Waals surface area contributed by atoms with Gasteiger partial charge in [0.1, 0.15) is 0 Å². The monoisotopic (exact) mass is 266 g/mol. The Morgan fingerprint density at radius 3 is 3.00 bits per heavy atom. The SMILES string of the molecule is O=C(NCc1ccccc1Cl)C1CCCCCN1. The van der Waals surface area contributed by atoms with Gasteiger partial charge in [-0.2, -0.15) is 0 Å². The maximum atomic E-state index is 12.0. The molecule has 1 saturated heterocycles. The normalized spacial score (nSPS) is 20.2. The molecule has 1 aromatic carbocycles. The van der Waals surface area contributed by atoms with Crippen LogP contribution in [0, 0.1) is 0 Å². The molecule has 1 atom stereocenters. The summed E-state index contributed by atoms with van der Waals surface area (Å²) < 4.78 is 0. The van der Waals surface area contributed by atoms with Crippen LogP contribution < -0.4 is 10.6 Å². The quantitative estimate of drug-likeness (QED) is 0.883. The summed E-state index contributed by atoms with van der Waals surface area (Å²) in [4.78, 5) is 12.0. The summed E-state index contributed by atoms with van der Waals surface area (Å²) in [7, 11) is 0. The van der Waals surface area contributed by atoms with Crippen LogP contribution in [0.3, 0.4) is 0 Å². The number of amides is 1. The number of benzene rings is 1. The Labute approximate surface area is 113 Å². The van der Waals surface area contributed by atoms with Gasteiger partial charge in [-0.15, -0.1) is 0 Å². The first-order valence-corrected chi connectivity index (χ1v) is 6.89. The molecule has 98 valence electrons. The Morgan fingerprint density at radius 1 is 1.33 bits per heavy atom. The molecule has 0 aromatic heterocycles. The lowest BCUT2D eigenvalue weighted by Gasteiger charge is -2.15. The molecule has 1 heterocycles. The van der Waals surface area contributed by atoms with Gasteiger partial charge in [0.25, 0.3) is 0 Å². The third-order valence-electron chi connectivity index (χ3n) is 3.29. The molecule has 1 unspecified atom stereocenters. The summed E-state index contributed by atoms with van der Waals surface area (Å²) in [6.45, 7) is 1.43. The van der Waals surface area contributed by atoms with Gasteiger partial charge in [-0.1, -0.05) is 42.6 Å². The van der Waals surface area contributed by atoms with E-state index in [1.807, 2.05) is 24.3 Å². The van der Waals surface area contributed by atoms with Crippen molar-refractivity contribution in [2.24, 2.45) is 0 Å². The second-order valence-electron chi connectivity index (χ2n) is 4.67. The topological polar surface area (TPSA) is 41.1 Å². The molecule has 3 nitrogen and oxygen atoms in total. The van der Waals surface area contributed by atoms with Gasteiger partial charge in [0.2, 0.25) is 5.91 Å². The van der Waals surface area contributed by atoms with Gasteiger partial charge >= 0.3 is 0 Å². The van der Waals surface area contributed by atoms with E-state index in [1.54, 1.807) is 0 Å². The first-order chi connectivity index (χ1) is 8.77. The molecule has 0 bridgehead atoms. The van der Waals surface area contributed by atoms with E-state index in [1.165, 1.54) is 6.42 Å². The van der Waals surface area contributed by atoms with Crippen molar-refractivity contribution < 1.29 is 4.79 Å². The van der Waals surface area contributed by atoms with Gasteiger partial charge < -0.3 is 10.6 Å². The molecular weight excluding hydrogens is 248 g/mol. The zero-order valence-corrected chi connectivity index (χ0v) is 11.2. The van der Waals surface area contributed by atoms with E-state index in [9.17, 15) is 4.79 Å². The molecule has 0 saturated carbocycles. The van der Waals surface area contributed by atoms with Crippen molar-refractivity contribution in [3.63, 3.8) is 0 Å². The smallest absolute Gasteiger partial charge is 0.237 e. The second kappa shape index (κ2) is 6.76. The van der Waals surface area contributed by atoms with Crippen LogP contribution in [0.4, 0.5) is 0 Å². The minimum absolute atomic E-state index is 0.0463. The second-order valence-corrected chi connectivity index (χ2v) is 5.07. The van der Waals surface area contributed by atoms with Crippen LogP contribution in [0.25, 0.3) is 0 Å². The molecule has 2 rings (SSSR count). The maximum absolute atomic E-state index is 12.0. The first-order valence-electron chi connectivity index (χ1n) is 6.52. The van der Waals surface area contributed by atoms with E-state index in [0.29, 0.717) is 11.6 Å². The summed E-state index contributed by atoms with van der Waals surface area (Å²) >= 11 is 6.05. The zero-order chi connectivity index (χ0) is 12.8. The molecule has 1 fully saturated rings. The highest BCUT2D eigenvalue weighted by Crippen LogP contribution is 2.14. The molecule has 0 spiro atoms. The van der Waals surface area contributed by atoms with Crippen molar-refractivity contribution in [1.82, 2.24) is 10.6 Å². The highest BCUT2D eigenvalue weighted by Gasteiger charge is 2.18. The number of rotatable bonds is 3. The maximum Gasteiger partial charge on any atom is 0.237 e. The van der Waals surface area contributed by atoms with E-state index in [0.717, 1.165) is 31.4 Å². The summed E-state index contributed by atoms with van der Waals surface area (Å²) in [6.07, 6.45) is 4.42. The van der Waals surface area contributed by atoms with E-state index in [4.69, 9.17) is 11.6 Å². The fraction of sp³-hybridized carbons (Fsp3) is 0.500. The van der Waals surface area contributed by atoms with E-state index in [-0.39, 0.29) is 11.9 Å². The lowest BCUT2D eigenvalue weighted by atomic mass is 10.1. The highest BCUT2D eigenvalue weighted by molar-refractivity contribution is 6.31. The Bertz CT molecular complexity index is 401. The van der Waals surface area contributed by atoms with E-state index >= 15 is 0 Å². The Balaban J connectivity index is 1.86. The molecule has 1 aliphatic rings. The zero-order valence-electron chi connectivity index (χ0n) is 10.4. The fourth-order valence-corrected chi connectivity index (χ4v) is 2.40. The minimum atomic E-state index is -0.0463. The van der Waals surface area contributed by atoms with Gasteiger partial charge in [0.05, 0.1) is 6.04 Å². The van der Waals surface area contributed by atoms with Gasteiger partial charge in [0.15, 0.2) is 0 Å². The van der Waals surface area contributed by atoms with Crippen molar-refractivity contribution in [2.75, 3.05) is 6.54 Å². The number of carbonyl (C=O) groups is 1. The Hall–Kier alpha value is -1.06. The van der Waals surface area contributed by atoms with Crippen LogP contribution in [0.2, 0.25) is 5.02 Å². The van der Waals surface area contributed by atoms with Crippen molar-refractivity contribution in [2.45, 2.75) is 38.3 Å². The number of carbonyl (C=O) groups excluding carboxylic acids is 1. The van der Waals surface area contributed by atoms with Crippen LogP contribution in [0.5, 0.6) is 0 Å². The standard InChI is InChI=1S/C14H19ClN2O/c15-12-7-4-3-6-11(12)10-17-14(18)13-8-2-1-5-9-16-13/h3-4,6-7,13,16H,1-2,5,8-10H2,(H,17,18). The Kier molecular flexibility index (Phi) is 5.02. The molecule has 2 N–H and O–H groups in total. The summed E-state index contributed by atoms with van der Waals surface area (Å²) in [5.41, 5.74) is 0.959. The van der Waals surface area contributed by atoms with Crippen molar-refractivity contribution in [3.8, 4) is 0 Å². The average molecular weight is 267 g/mol. The third kappa shape index (κ3) is 3.72. The highest BCUT2D eigenvalue weighted by atomic mass is 35.5. The largest absolute Gasteiger partial charge is 0.351 e. The number of halogens is 1. The number of hydrogen-bond donors (Lipinski definition) is 2.